The Morgan fingerprint density at radius 1 is 0.955 bits per heavy atom. The largest absolute Gasteiger partial charge is 0.494 e. The lowest BCUT2D eigenvalue weighted by atomic mass is 9.99. The molecule has 6 rings (SSSR count). The van der Waals surface area contributed by atoms with Gasteiger partial charge in [-0.1, -0.05) is 49.4 Å². The van der Waals surface area contributed by atoms with Gasteiger partial charge in [0.1, 0.15) is 0 Å². The standard InChI is InChI=1S/C36H38N6O2/c1-3-31(26-7-5-4-6-8-26)39-35(43)28-11-14-32-30(23-28)33(36(44)40-32)34(27-15-17-37-18-16-27)38-29-12-9-25(10-13-29)24-42-21-19-41(2)20-22-42/h4-18,23,31,40,44H,3,19-22,24H2,1-2H3,(H,39,43)/t31-/m1/s1. The second-order valence-corrected chi connectivity index (χ2v) is 11.4. The van der Waals surface area contributed by atoms with E-state index < -0.39 is 0 Å². The molecule has 3 heterocycles. The number of aromatic hydroxyl groups is 1. The average molecular weight is 587 g/mol. The number of carbonyl (C=O) groups is 1. The number of likely N-dealkylation sites (N-methyl/N-ethyl adjacent to an activating group) is 1. The van der Waals surface area contributed by atoms with Gasteiger partial charge in [-0.25, -0.2) is 4.99 Å². The predicted octanol–water partition coefficient (Wildman–Crippen LogP) is 6.07. The molecule has 1 atom stereocenters. The van der Waals surface area contributed by atoms with Crippen molar-refractivity contribution in [2.24, 2.45) is 4.99 Å². The normalized spacial score (nSPS) is 15.4. The van der Waals surface area contributed by atoms with E-state index in [9.17, 15) is 9.90 Å². The molecule has 5 aromatic rings. The molecule has 3 aromatic carbocycles. The molecule has 8 nitrogen and oxygen atoms in total. The van der Waals surface area contributed by atoms with Crippen LogP contribution in [0.1, 0.15) is 52.0 Å². The van der Waals surface area contributed by atoms with Crippen molar-refractivity contribution < 1.29 is 9.90 Å². The van der Waals surface area contributed by atoms with E-state index in [1.165, 1.54) is 5.56 Å². The number of piperazine rings is 1. The maximum Gasteiger partial charge on any atom is 0.251 e. The first-order chi connectivity index (χ1) is 21.5. The van der Waals surface area contributed by atoms with E-state index in [0.717, 1.165) is 56.0 Å². The Morgan fingerprint density at radius 3 is 2.39 bits per heavy atom. The minimum absolute atomic E-state index is 0.00414. The number of fused-ring (bicyclic) bond motifs is 1. The number of benzene rings is 3. The molecular weight excluding hydrogens is 548 g/mol. The number of pyridine rings is 1. The summed E-state index contributed by atoms with van der Waals surface area (Å²) in [4.78, 5) is 30.6. The van der Waals surface area contributed by atoms with Crippen LogP contribution in [0.5, 0.6) is 5.88 Å². The van der Waals surface area contributed by atoms with E-state index in [0.29, 0.717) is 27.7 Å². The Kier molecular flexibility index (Phi) is 8.81. The fourth-order valence-electron chi connectivity index (χ4n) is 5.75. The van der Waals surface area contributed by atoms with Crippen LogP contribution < -0.4 is 5.32 Å². The molecular formula is C36H38N6O2. The number of H-pyrrole nitrogens is 1. The number of amides is 1. The minimum atomic E-state index is -0.174. The second kappa shape index (κ2) is 13.2. The summed E-state index contributed by atoms with van der Waals surface area (Å²) < 4.78 is 0. The lowest BCUT2D eigenvalue weighted by Crippen LogP contribution is -2.43. The quantitative estimate of drug-likeness (QED) is 0.182. The van der Waals surface area contributed by atoms with Gasteiger partial charge in [0.25, 0.3) is 5.91 Å². The van der Waals surface area contributed by atoms with Crippen LogP contribution in [0.4, 0.5) is 5.69 Å². The van der Waals surface area contributed by atoms with Crippen molar-refractivity contribution in [3.05, 3.63) is 125 Å². The monoisotopic (exact) mass is 586 g/mol. The van der Waals surface area contributed by atoms with Crippen LogP contribution >= 0.6 is 0 Å². The number of hydrogen-bond acceptors (Lipinski definition) is 6. The second-order valence-electron chi connectivity index (χ2n) is 11.4. The highest BCUT2D eigenvalue weighted by molar-refractivity contribution is 6.22. The van der Waals surface area contributed by atoms with Crippen molar-refractivity contribution in [2.75, 3.05) is 33.2 Å². The molecule has 3 N–H and O–H groups in total. The third-order valence-corrected chi connectivity index (χ3v) is 8.33. The van der Waals surface area contributed by atoms with E-state index in [2.05, 4.69) is 51.2 Å². The zero-order valence-corrected chi connectivity index (χ0v) is 25.2. The van der Waals surface area contributed by atoms with E-state index in [1.54, 1.807) is 18.5 Å². The summed E-state index contributed by atoms with van der Waals surface area (Å²) in [6, 6.07) is 27.3. The van der Waals surface area contributed by atoms with Crippen LogP contribution in [-0.2, 0) is 6.54 Å². The molecule has 2 aromatic heterocycles. The van der Waals surface area contributed by atoms with Crippen molar-refractivity contribution in [1.29, 1.82) is 0 Å². The van der Waals surface area contributed by atoms with Crippen molar-refractivity contribution in [3.63, 3.8) is 0 Å². The molecule has 224 valence electrons. The number of carbonyl (C=O) groups excluding carboxylic acids is 1. The molecule has 44 heavy (non-hydrogen) atoms. The zero-order valence-electron chi connectivity index (χ0n) is 25.2. The van der Waals surface area contributed by atoms with Crippen LogP contribution in [-0.4, -0.2) is 69.7 Å². The molecule has 0 saturated carbocycles. The summed E-state index contributed by atoms with van der Waals surface area (Å²) >= 11 is 0. The number of rotatable bonds is 9. The minimum Gasteiger partial charge on any atom is -0.494 e. The van der Waals surface area contributed by atoms with Crippen LogP contribution in [0.25, 0.3) is 10.9 Å². The Labute approximate surface area is 258 Å². The fraction of sp³-hybridized carbons (Fsp3) is 0.250. The van der Waals surface area contributed by atoms with Crippen molar-refractivity contribution >= 4 is 28.2 Å². The number of nitrogens with zero attached hydrogens (tertiary/aromatic N) is 4. The summed E-state index contributed by atoms with van der Waals surface area (Å²) in [6.07, 6.45) is 4.19. The number of aromatic nitrogens is 2. The van der Waals surface area contributed by atoms with Crippen LogP contribution in [0.2, 0.25) is 0 Å². The van der Waals surface area contributed by atoms with Gasteiger partial charge in [0.2, 0.25) is 0 Å². The van der Waals surface area contributed by atoms with Crippen molar-refractivity contribution in [2.45, 2.75) is 25.9 Å². The molecule has 1 aliphatic heterocycles. The smallest absolute Gasteiger partial charge is 0.251 e. The highest BCUT2D eigenvalue weighted by Crippen LogP contribution is 2.32. The third-order valence-electron chi connectivity index (χ3n) is 8.33. The fourth-order valence-corrected chi connectivity index (χ4v) is 5.75. The molecule has 0 unspecified atom stereocenters. The van der Waals surface area contributed by atoms with E-state index in [-0.39, 0.29) is 17.8 Å². The zero-order chi connectivity index (χ0) is 30.5. The molecule has 8 heteroatoms. The van der Waals surface area contributed by atoms with Crippen molar-refractivity contribution in [3.8, 4) is 5.88 Å². The maximum atomic E-state index is 13.4. The van der Waals surface area contributed by atoms with Gasteiger partial charge in [-0.3, -0.25) is 14.7 Å². The summed E-state index contributed by atoms with van der Waals surface area (Å²) in [7, 11) is 2.17. The van der Waals surface area contributed by atoms with Gasteiger partial charge in [-0.05, 0) is 67.1 Å². The first kappa shape index (κ1) is 29.3. The Hall–Kier alpha value is -4.79. The highest BCUT2D eigenvalue weighted by atomic mass is 16.3. The number of hydrogen-bond donors (Lipinski definition) is 3. The maximum absolute atomic E-state index is 13.4. The lowest BCUT2D eigenvalue weighted by molar-refractivity contribution is 0.0935. The number of aromatic amines is 1. The average Bonchev–Trinajstić information content (AvgIpc) is 3.39. The first-order valence-electron chi connectivity index (χ1n) is 15.2. The third kappa shape index (κ3) is 6.56. The van der Waals surface area contributed by atoms with Crippen LogP contribution in [0.3, 0.4) is 0 Å². The molecule has 0 bridgehead atoms. The van der Waals surface area contributed by atoms with E-state index >= 15 is 0 Å². The van der Waals surface area contributed by atoms with Crippen molar-refractivity contribution in [1.82, 2.24) is 25.1 Å². The Balaban J connectivity index is 1.33. The Morgan fingerprint density at radius 2 is 1.68 bits per heavy atom. The van der Waals surface area contributed by atoms with Gasteiger partial charge in [-0.2, -0.15) is 0 Å². The van der Waals surface area contributed by atoms with Gasteiger partial charge < -0.3 is 20.3 Å². The topological polar surface area (TPSA) is 96.8 Å². The van der Waals surface area contributed by atoms with E-state index in [1.807, 2.05) is 66.7 Å². The van der Waals surface area contributed by atoms with Crippen LogP contribution in [0.15, 0.2) is 102 Å². The summed E-state index contributed by atoms with van der Waals surface area (Å²) in [5.41, 5.74) is 6.24. The molecule has 1 fully saturated rings. The summed E-state index contributed by atoms with van der Waals surface area (Å²) in [6.45, 7) is 7.26. The lowest BCUT2D eigenvalue weighted by Gasteiger charge is -2.32. The molecule has 1 aliphatic rings. The summed E-state index contributed by atoms with van der Waals surface area (Å²) in [5, 5.41) is 15.1. The van der Waals surface area contributed by atoms with Gasteiger partial charge in [-0.15, -0.1) is 0 Å². The first-order valence-corrected chi connectivity index (χ1v) is 15.2. The molecule has 0 spiro atoms. The highest BCUT2D eigenvalue weighted by Gasteiger charge is 2.21. The molecule has 1 saturated heterocycles. The predicted molar refractivity (Wildman–Crippen MR) is 176 cm³/mol. The number of aliphatic imine (C=N–C) groups is 1. The van der Waals surface area contributed by atoms with Gasteiger partial charge in [0.15, 0.2) is 5.88 Å². The Bertz CT molecular complexity index is 1740. The van der Waals surface area contributed by atoms with Gasteiger partial charge in [0.05, 0.1) is 23.0 Å². The van der Waals surface area contributed by atoms with Gasteiger partial charge in [0, 0.05) is 67.1 Å². The SMILES string of the molecule is CC[C@@H](NC(=O)c1ccc2[nH]c(O)c(C(=Nc3ccc(CN4CCN(C)CC4)cc3)c3ccncc3)c2c1)c1ccccc1. The molecule has 0 radical (unpaired) electrons. The van der Waals surface area contributed by atoms with E-state index in [4.69, 9.17) is 4.99 Å². The molecule has 1 amide bonds. The molecule has 0 aliphatic carbocycles. The number of nitrogens with one attached hydrogen (secondary N) is 2. The summed E-state index contributed by atoms with van der Waals surface area (Å²) in [5.74, 6) is -0.178. The van der Waals surface area contributed by atoms with Crippen LogP contribution in [0, 0.1) is 0 Å². The van der Waals surface area contributed by atoms with Gasteiger partial charge >= 0.3 is 0 Å².